The van der Waals surface area contributed by atoms with E-state index in [-0.39, 0.29) is 28.7 Å². The number of alkyl halides is 3. The normalized spacial score (nSPS) is 12.1. The summed E-state index contributed by atoms with van der Waals surface area (Å²) in [5.74, 6) is -1.08. The molecule has 3 rings (SSSR count). The molecule has 0 saturated heterocycles. The highest BCUT2D eigenvalue weighted by molar-refractivity contribution is 7.92. The van der Waals surface area contributed by atoms with Gasteiger partial charge in [0.2, 0.25) is 5.09 Å². The first-order chi connectivity index (χ1) is 15.8. The van der Waals surface area contributed by atoms with Gasteiger partial charge in [0.25, 0.3) is 10.0 Å². The van der Waals surface area contributed by atoms with Crippen molar-refractivity contribution in [1.82, 2.24) is 0 Å². The molecule has 0 atom stereocenters. The van der Waals surface area contributed by atoms with Gasteiger partial charge < -0.3 is 14.3 Å². The van der Waals surface area contributed by atoms with E-state index in [1.54, 1.807) is 20.8 Å². The predicted molar refractivity (Wildman–Crippen MR) is 117 cm³/mol. The second-order valence-electron chi connectivity index (χ2n) is 7.73. The summed E-state index contributed by atoms with van der Waals surface area (Å²) in [6.45, 7) is 4.49. The molecule has 0 unspecified atom stereocenters. The number of furan rings is 1. The molecule has 7 nitrogen and oxygen atoms in total. The lowest BCUT2D eigenvalue weighted by molar-refractivity contribution is -0.137. The molecule has 34 heavy (non-hydrogen) atoms. The van der Waals surface area contributed by atoms with Crippen molar-refractivity contribution in [2.45, 2.75) is 44.7 Å². The highest BCUT2D eigenvalue weighted by Crippen LogP contribution is 2.40. The number of hydrogen-bond acceptors (Lipinski definition) is 5. The average Bonchev–Trinajstić information content (AvgIpc) is 3.19. The van der Waals surface area contributed by atoms with E-state index in [1.165, 1.54) is 36.4 Å². The fourth-order valence-electron chi connectivity index (χ4n) is 3.23. The van der Waals surface area contributed by atoms with Gasteiger partial charge in [-0.25, -0.2) is 4.79 Å². The molecule has 3 aromatic rings. The van der Waals surface area contributed by atoms with Crippen LogP contribution in [-0.2, 0) is 22.8 Å². The second kappa shape index (κ2) is 9.41. The summed E-state index contributed by atoms with van der Waals surface area (Å²) in [6.07, 6.45) is -4.68. The van der Waals surface area contributed by atoms with Crippen molar-refractivity contribution < 1.29 is 40.6 Å². The largest absolute Gasteiger partial charge is 0.487 e. The van der Waals surface area contributed by atoms with Crippen LogP contribution in [0.2, 0.25) is 0 Å². The molecule has 1 N–H and O–H groups in total. The molecule has 0 radical (unpaired) electrons. The van der Waals surface area contributed by atoms with Gasteiger partial charge in [0.05, 0.1) is 16.8 Å². The van der Waals surface area contributed by atoms with Crippen molar-refractivity contribution in [2.75, 3.05) is 4.31 Å². The summed E-state index contributed by atoms with van der Waals surface area (Å²) in [5.41, 5.74) is -0.593. The summed E-state index contributed by atoms with van der Waals surface area (Å²) in [6, 6.07) is 10.2. The third kappa shape index (κ3) is 5.36. The van der Waals surface area contributed by atoms with Crippen LogP contribution in [0.3, 0.4) is 0 Å². The Morgan fingerprint density at radius 3 is 2.24 bits per heavy atom. The van der Waals surface area contributed by atoms with Crippen molar-refractivity contribution in [3.05, 3.63) is 77.0 Å². The second-order valence-corrected chi connectivity index (χ2v) is 9.48. The van der Waals surface area contributed by atoms with E-state index in [0.29, 0.717) is 11.3 Å². The zero-order valence-electron chi connectivity index (χ0n) is 18.5. The van der Waals surface area contributed by atoms with Crippen LogP contribution in [-0.4, -0.2) is 25.5 Å². The molecule has 0 amide bonds. The van der Waals surface area contributed by atoms with Crippen LogP contribution in [0.15, 0.2) is 64.1 Å². The monoisotopic (exact) mass is 497 g/mol. The number of aryl methyl sites for hydroxylation is 1. The van der Waals surface area contributed by atoms with Crippen molar-refractivity contribution in [2.24, 2.45) is 0 Å². The molecule has 1 heterocycles. The molecule has 0 bridgehead atoms. The number of benzene rings is 2. The molecule has 182 valence electrons. The maximum atomic E-state index is 13.4. The highest BCUT2D eigenvalue weighted by Gasteiger charge is 2.35. The molecule has 0 fully saturated rings. The van der Waals surface area contributed by atoms with E-state index in [1.807, 2.05) is 0 Å². The van der Waals surface area contributed by atoms with Crippen molar-refractivity contribution in [3.63, 3.8) is 0 Å². The number of carboxylic acid groups (broad SMARTS) is 1. The third-order valence-corrected chi connectivity index (χ3v) is 6.68. The molecular formula is C23H22F3NO6S. The lowest BCUT2D eigenvalue weighted by Crippen LogP contribution is -2.37. The number of nitrogens with zero attached hydrogens (tertiary/aromatic N) is 1. The Morgan fingerprint density at radius 1 is 1.09 bits per heavy atom. The minimum atomic E-state index is -4.68. The van der Waals surface area contributed by atoms with Gasteiger partial charge >= 0.3 is 12.1 Å². The Labute approximate surface area is 194 Å². The number of carbonyl (C=O) groups is 1. The van der Waals surface area contributed by atoms with Crippen LogP contribution in [0.25, 0.3) is 0 Å². The molecule has 0 aliphatic carbocycles. The number of carboxylic acids is 1. The van der Waals surface area contributed by atoms with E-state index in [9.17, 15) is 26.4 Å². The van der Waals surface area contributed by atoms with E-state index in [4.69, 9.17) is 14.3 Å². The van der Waals surface area contributed by atoms with Crippen molar-refractivity contribution >= 4 is 21.7 Å². The zero-order chi connectivity index (χ0) is 25.3. The third-order valence-electron chi connectivity index (χ3n) is 4.82. The van der Waals surface area contributed by atoms with Crippen LogP contribution >= 0.6 is 0 Å². The SMILES string of the molecule is Cc1ccc(S(=O)(=O)N(c2ccc(C(F)(F)F)cc2OCc2ccc(C(=O)O)cc2)C(C)C)o1. The Balaban J connectivity index is 2.05. The molecule has 2 aromatic carbocycles. The number of rotatable bonds is 8. The Kier molecular flexibility index (Phi) is 6.97. The number of halogens is 3. The summed E-state index contributed by atoms with van der Waals surface area (Å²) in [4.78, 5) is 11.0. The van der Waals surface area contributed by atoms with E-state index in [0.717, 1.165) is 22.5 Å². The number of hydrogen-bond donors (Lipinski definition) is 1. The summed E-state index contributed by atoms with van der Waals surface area (Å²) < 4.78 is 78.6. The molecule has 0 saturated carbocycles. The van der Waals surface area contributed by atoms with Crippen LogP contribution in [0, 0.1) is 6.92 Å². The standard InChI is InChI=1S/C23H22F3NO6S/c1-14(2)27(34(30,31)21-11-4-15(3)33-21)19-10-9-18(23(24,25)26)12-20(19)32-13-16-5-7-17(8-6-16)22(28)29/h4-12,14H,13H2,1-3H3,(H,28,29). The van der Waals surface area contributed by atoms with Gasteiger partial charge in [0, 0.05) is 6.04 Å². The Bertz CT molecular complexity index is 1280. The van der Waals surface area contributed by atoms with E-state index < -0.39 is 33.8 Å². The van der Waals surface area contributed by atoms with Crippen LogP contribution in [0.1, 0.15) is 41.1 Å². The fraction of sp³-hybridized carbons (Fsp3) is 0.261. The number of ether oxygens (including phenoxy) is 1. The summed E-state index contributed by atoms with van der Waals surface area (Å²) in [5, 5.41) is 8.65. The van der Waals surface area contributed by atoms with Crippen LogP contribution < -0.4 is 9.04 Å². The van der Waals surface area contributed by atoms with Crippen LogP contribution in [0.5, 0.6) is 5.75 Å². The predicted octanol–water partition coefficient (Wildman–Crippen LogP) is 5.49. The van der Waals surface area contributed by atoms with Gasteiger partial charge in [-0.2, -0.15) is 21.6 Å². The molecule has 1 aromatic heterocycles. The lowest BCUT2D eigenvalue weighted by atomic mass is 10.1. The minimum absolute atomic E-state index is 0.0364. The number of anilines is 1. The lowest BCUT2D eigenvalue weighted by Gasteiger charge is -2.29. The van der Waals surface area contributed by atoms with Crippen LogP contribution in [0.4, 0.5) is 18.9 Å². The average molecular weight is 497 g/mol. The van der Waals surface area contributed by atoms with Gasteiger partial charge in [-0.3, -0.25) is 4.31 Å². The maximum absolute atomic E-state index is 13.4. The first-order valence-corrected chi connectivity index (χ1v) is 11.5. The van der Waals surface area contributed by atoms with Crippen molar-refractivity contribution in [1.29, 1.82) is 0 Å². The molecule has 0 aliphatic rings. The van der Waals surface area contributed by atoms with E-state index >= 15 is 0 Å². The van der Waals surface area contributed by atoms with Gasteiger partial charge in [0.1, 0.15) is 18.1 Å². The van der Waals surface area contributed by atoms with Gasteiger partial charge in [-0.15, -0.1) is 0 Å². The topological polar surface area (TPSA) is 97.0 Å². The number of aromatic carboxylic acids is 1. The fourth-order valence-corrected chi connectivity index (χ4v) is 4.86. The van der Waals surface area contributed by atoms with Gasteiger partial charge in [-0.1, -0.05) is 12.1 Å². The zero-order valence-corrected chi connectivity index (χ0v) is 19.3. The van der Waals surface area contributed by atoms with E-state index in [2.05, 4.69) is 0 Å². The summed E-state index contributed by atoms with van der Waals surface area (Å²) >= 11 is 0. The van der Waals surface area contributed by atoms with Gasteiger partial charge in [0.15, 0.2) is 0 Å². The Morgan fingerprint density at radius 2 is 1.74 bits per heavy atom. The first-order valence-electron chi connectivity index (χ1n) is 10.1. The first kappa shape index (κ1) is 25.2. The maximum Gasteiger partial charge on any atom is 0.416 e. The molecule has 11 heteroatoms. The van der Waals surface area contributed by atoms with Gasteiger partial charge in [-0.05, 0) is 68.8 Å². The number of sulfonamides is 1. The summed E-state index contributed by atoms with van der Waals surface area (Å²) in [7, 11) is -4.26. The van der Waals surface area contributed by atoms with Crippen molar-refractivity contribution in [3.8, 4) is 5.75 Å². The quantitative estimate of drug-likeness (QED) is 0.442. The molecular weight excluding hydrogens is 475 g/mol. The smallest absolute Gasteiger partial charge is 0.416 e. The highest BCUT2D eigenvalue weighted by atomic mass is 32.2. The molecule has 0 aliphatic heterocycles. The Hall–Kier alpha value is -3.47. The molecule has 0 spiro atoms. The minimum Gasteiger partial charge on any atom is -0.487 e.